The first-order valence-corrected chi connectivity index (χ1v) is 7.77. The minimum Gasteiger partial charge on any atom is -0.479 e. The van der Waals surface area contributed by atoms with Gasteiger partial charge in [-0.1, -0.05) is 18.2 Å². The molecular formula is C16H16F2N4O2. The van der Waals surface area contributed by atoms with Gasteiger partial charge in [0.25, 0.3) is 18.3 Å². The van der Waals surface area contributed by atoms with Crippen molar-refractivity contribution in [1.29, 1.82) is 0 Å². The van der Waals surface area contributed by atoms with Crippen LogP contribution >= 0.6 is 0 Å². The predicted molar refractivity (Wildman–Crippen MR) is 84.1 cm³/mol. The SMILES string of the molecule is FC(F)C1Oc2ccccc2C=C1c1nc(N2CCNCC2)no1. The molecule has 1 atom stereocenters. The molecule has 24 heavy (non-hydrogen) atoms. The lowest BCUT2D eigenvalue weighted by atomic mass is 10.0. The lowest BCUT2D eigenvalue weighted by molar-refractivity contribution is 0.0419. The number of nitrogens with one attached hydrogen (secondary N) is 1. The zero-order chi connectivity index (χ0) is 16.5. The summed E-state index contributed by atoms with van der Waals surface area (Å²) in [6.45, 7) is 3.14. The van der Waals surface area contributed by atoms with Crippen molar-refractivity contribution in [2.45, 2.75) is 12.5 Å². The Hall–Kier alpha value is -2.48. The van der Waals surface area contributed by atoms with Crippen LogP contribution in [0.5, 0.6) is 5.75 Å². The van der Waals surface area contributed by atoms with E-state index >= 15 is 0 Å². The van der Waals surface area contributed by atoms with Gasteiger partial charge in [0.2, 0.25) is 0 Å². The number of alkyl halides is 2. The van der Waals surface area contributed by atoms with Crippen molar-refractivity contribution in [3.63, 3.8) is 0 Å². The summed E-state index contributed by atoms with van der Waals surface area (Å²) in [4.78, 5) is 6.26. The summed E-state index contributed by atoms with van der Waals surface area (Å²) in [6, 6.07) is 7.02. The molecule has 0 bridgehead atoms. The molecule has 126 valence electrons. The quantitative estimate of drug-likeness (QED) is 0.927. The van der Waals surface area contributed by atoms with Gasteiger partial charge in [-0.05, 0) is 17.3 Å². The minimum atomic E-state index is -2.70. The van der Waals surface area contributed by atoms with E-state index < -0.39 is 12.5 Å². The van der Waals surface area contributed by atoms with E-state index in [1.165, 1.54) is 0 Å². The van der Waals surface area contributed by atoms with Crippen LogP contribution in [0.4, 0.5) is 14.7 Å². The molecule has 1 aromatic carbocycles. The van der Waals surface area contributed by atoms with Crippen LogP contribution in [0.2, 0.25) is 0 Å². The van der Waals surface area contributed by atoms with Gasteiger partial charge in [-0.15, -0.1) is 0 Å². The lowest BCUT2D eigenvalue weighted by Gasteiger charge is -2.26. The molecule has 1 unspecified atom stereocenters. The van der Waals surface area contributed by atoms with Crippen LogP contribution in [0, 0.1) is 0 Å². The fourth-order valence-corrected chi connectivity index (χ4v) is 2.85. The largest absolute Gasteiger partial charge is 0.479 e. The highest BCUT2D eigenvalue weighted by Crippen LogP contribution is 2.36. The summed E-state index contributed by atoms with van der Waals surface area (Å²) in [7, 11) is 0. The van der Waals surface area contributed by atoms with Crippen LogP contribution in [-0.4, -0.2) is 48.8 Å². The number of aromatic nitrogens is 2. The summed E-state index contributed by atoms with van der Waals surface area (Å²) in [5.41, 5.74) is 0.920. The van der Waals surface area contributed by atoms with Crippen molar-refractivity contribution in [3.8, 4) is 5.75 Å². The van der Waals surface area contributed by atoms with E-state index in [4.69, 9.17) is 9.26 Å². The molecule has 1 aromatic heterocycles. The normalized spacial score (nSPS) is 20.5. The summed E-state index contributed by atoms with van der Waals surface area (Å²) in [6.07, 6.45) is -2.49. The van der Waals surface area contributed by atoms with Crippen molar-refractivity contribution in [2.24, 2.45) is 0 Å². The zero-order valence-electron chi connectivity index (χ0n) is 12.8. The van der Waals surface area contributed by atoms with Gasteiger partial charge in [0.15, 0.2) is 6.10 Å². The number of hydrogen-bond acceptors (Lipinski definition) is 6. The van der Waals surface area contributed by atoms with Gasteiger partial charge in [0.1, 0.15) is 5.75 Å². The Morgan fingerprint density at radius 3 is 2.79 bits per heavy atom. The molecule has 8 heteroatoms. The van der Waals surface area contributed by atoms with Crippen LogP contribution < -0.4 is 15.0 Å². The topological polar surface area (TPSA) is 63.4 Å². The van der Waals surface area contributed by atoms with Gasteiger partial charge in [0, 0.05) is 31.7 Å². The van der Waals surface area contributed by atoms with E-state index in [1.54, 1.807) is 24.3 Å². The Labute approximate surface area is 137 Å². The summed E-state index contributed by atoms with van der Waals surface area (Å²) in [5.74, 6) is 0.913. The molecule has 2 aromatic rings. The number of nitrogens with zero attached hydrogens (tertiary/aromatic N) is 3. The maximum absolute atomic E-state index is 13.4. The standard InChI is InChI=1S/C16H16F2N4O2/c17-14(18)13-11(9-10-3-1-2-4-12(10)23-13)15-20-16(21-24-15)22-7-5-19-6-8-22/h1-4,9,13-14,19H,5-8H2. The molecule has 0 saturated carbocycles. The highest BCUT2D eigenvalue weighted by Gasteiger charge is 2.35. The van der Waals surface area contributed by atoms with Gasteiger partial charge in [0.05, 0.1) is 5.57 Å². The molecule has 2 aliphatic rings. The van der Waals surface area contributed by atoms with Gasteiger partial charge >= 0.3 is 0 Å². The molecule has 1 fully saturated rings. The van der Waals surface area contributed by atoms with Crippen molar-refractivity contribution < 1.29 is 18.0 Å². The van der Waals surface area contributed by atoms with E-state index in [-0.39, 0.29) is 11.5 Å². The van der Waals surface area contributed by atoms with E-state index in [2.05, 4.69) is 15.5 Å². The third-order valence-electron chi connectivity index (χ3n) is 4.08. The molecule has 0 radical (unpaired) electrons. The van der Waals surface area contributed by atoms with Crippen molar-refractivity contribution in [1.82, 2.24) is 15.5 Å². The molecule has 6 nitrogen and oxygen atoms in total. The number of hydrogen-bond donors (Lipinski definition) is 1. The Balaban J connectivity index is 1.68. The number of rotatable bonds is 3. The average Bonchev–Trinajstić information content (AvgIpc) is 3.11. The zero-order valence-corrected chi connectivity index (χ0v) is 12.8. The molecule has 2 aliphatic heterocycles. The predicted octanol–water partition coefficient (Wildman–Crippen LogP) is 2.05. The van der Waals surface area contributed by atoms with Gasteiger partial charge < -0.3 is 19.5 Å². The maximum Gasteiger partial charge on any atom is 0.279 e. The molecule has 0 aliphatic carbocycles. The summed E-state index contributed by atoms with van der Waals surface area (Å²) in [5, 5.41) is 7.16. The molecule has 3 heterocycles. The Kier molecular flexibility index (Phi) is 3.89. The number of fused-ring (bicyclic) bond motifs is 1. The number of anilines is 1. The molecular weight excluding hydrogens is 318 g/mol. The molecule has 0 amide bonds. The second-order valence-corrected chi connectivity index (χ2v) is 5.65. The minimum absolute atomic E-state index is 0.0725. The van der Waals surface area contributed by atoms with Crippen molar-refractivity contribution >= 4 is 17.6 Å². The molecule has 1 N–H and O–H groups in total. The Morgan fingerprint density at radius 2 is 2.00 bits per heavy atom. The number of para-hydroxylation sites is 1. The van der Waals surface area contributed by atoms with Crippen LogP contribution in [0.15, 0.2) is 28.8 Å². The third kappa shape index (κ3) is 2.73. The second-order valence-electron chi connectivity index (χ2n) is 5.65. The maximum atomic E-state index is 13.4. The van der Waals surface area contributed by atoms with Gasteiger partial charge in [-0.2, -0.15) is 4.98 Å². The van der Waals surface area contributed by atoms with Crippen LogP contribution in [-0.2, 0) is 0 Å². The number of halogens is 2. The number of benzene rings is 1. The van der Waals surface area contributed by atoms with Crippen LogP contribution in [0.3, 0.4) is 0 Å². The highest BCUT2D eigenvalue weighted by molar-refractivity contribution is 5.84. The first-order chi connectivity index (χ1) is 11.7. The van der Waals surface area contributed by atoms with E-state index in [9.17, 15) is 8.78 Å². The molecule has 4 rings (SSSR count). The van der Waals surface area contributed by atoms with Gasteiger partial charge in [-0.3, -0.25) is 0 Å². The molecule has 1 saturated heterocycles. The van der Waals surface area contributed by atoms with Crippen LogP contribution in [0.25, 0.3) is 11.6 Å². The van der Waals surface area contributed by atoms with Crippen molar-refractivity contribution in [3.05, 3.63) is 35.7 Å². The third-order valence-corrected chi connectivity index (χ3v) is 4.08. The average molecular weight is 334 g/mol. The van der Waals surface area contributed by atoms with E-state index in [1.807, 2.05) is 11.0 Å². The molecule has 0 spiro atoms. The lowest BCUT2D eigenvalue weighted by Crippen LogP contribution is -2.44. The first-order valence-electron chi connectivity index (χ1n) is 7.77. The first kappa shape index (κ1) is 15.1. The fraction of sp³-hybridized carbons (Fsp3) is 0.375. The Morgan fingerprint density at radius 1 is 1.21 bits per heavy atom. The monoisotopic (exact) mass is 334 g/mol. The highest BCUT2D eigenvalue weighted by atomic mass is 19.3. The number of piperazine rings is 1. The summed E-state index contributed by atoms with van der Waals surface area (Å²) < 4.78 is 37.6. The van der Waals surface area contributed by atoms with E-state index in [0.29, 0.717) is 17.3 Å². The van der Waals surface area contributed by atoms with E-state index in [0.717, 1.165) is 26.2 Å². The van der Waals surface area contributed by atoms with Gasteiger partial charge in [-0.25, -0.2) is 8.78 Å². The Bertz CT molecular complexity index is 756. The fourth-order valence-electron chi connectivity index (χ4n) is 2.85. The van der Waals surface area contributed by atoms with Crippen molar-refractivity contribution in [2.75, 3.05) is 31.1 Å². The van der Waals surface area contributed by atoms with Crippen LogP contribution in [0.1, 0.15) is 11.5 Å². The second kappa shape index (κ2) is 6.20. The number of ether oxygens (including phenoxy) is 1. The smallest absolute Gasteiger partial charge is 0.279 e. The summed E-state index contributed by atoms with van der Waals surface area (Å²) >= 11 is 0.